The molecule has 1 aliphatic rings. The van der Waals surface area contributed by atoms with Gasteiger partial charge in [0.15, 0.2) is 11.5 Å². The van der Waals surface area contributed by atoms with Gasteiger partial charge in [0.2, 0.25) is 5.91 Å². The summed E-state index contributed by atoms with van der Waals surface area (Å²) < 4.78 is 11.1. The Balaban J connectivity index is 1.62. The molecule has 2 aromatic heterocycles. The van der Waals surface area contributed by atoms with E-state index in [0.29, 0.717) is 11.5 Å². The molecule has 9 heteroatoms. The van der Waals surface area contributed by atoms with Gasteiger partial charge >= 0.3 is 0 Å². The topological polar surface area (TPSA) is 83.1 Å². The highest BCUT2D eigenvalue weighted by molar-refractivity contribution is 5.96. The van der Waals surface area contributed by atoms with Gasteiger partial charge in [-0.3, -0.25) is 4.79 Å². The highest BCUT2D eigenvalue weighted by Gasteiger charge is 2.20. The first-order valence-corrected chi connectivity index (χ1v) is 12.3. The van der Waals surface area contributed by atoms with Crippen molar-refractivity contribution in [2.75, 3.05) is 77.8 Å². The lowest BCUT2D eigenvalue weighted by atomic mass is 10.1. The molecule has 0 bridgehead atoms. The van der Waals surface area contributed by atoms with Crippen LogP contribution in [0, 0.1) is 0 Å². The quantitative estimate of drug-likeness (QED) is 0.456. The standard InChI is InChI=1S/C27H36N6O3/c1-19(34)32-11-13-33(14-12-32)27-8-7-20(18-29-27)22-16-23(28-9-6-10-31(2)3)21-15-25(35-4)26(36-5)17-24(21)30-22/h7-8,15-18H,6,9-14H2,1-5H3,(H,28,30). The molecule has 1 saturated heterocycles. The van der Waals surface area contributed by atoms with Crippen LogP contribution in [-0.4, -0.2) is 93.3 Å². The summed E-state index contributed by atoms with van der Waals surface area (Å²) in [5.41, 5.74) is 3.60. The van der Waals surface area contributed by atoms with Gasteiger partial charge in [0.1, 0.15) is 5.82 Å². The molecule has 192 valence electrons. The van der Waals surface area contributed by atoms with Gasteiger partial charge in [-0.2, -0.15) is 0 Å². The van der Waals surface area contributed by atoms with Crippen LogP contribution in [0.3, 0.4) is 0 Å². The molecule has 0 radical (unpaired) electrons. The first-order chi connectivity index (χ1) is 17.4. The lowest BCUT2D eigenvalue weighted by molar-refractivity contribution is -0.129. The normalized spacial score (nSPS) is 13.8. The van der Waals surface area contributed by atoms with Crippen LogP contribution in [0.1, 0.15) is 13.3 Å². The fourth-order valence-electron chi connectivity index (χ4n) is 4.44. The number of carbonyl (C=O) groups is 1. The minimum atomic E-state index is 0.126. The Morgan fingerprint density at radius 2 is 1.78 bits per heavy atom. The van der Waals surface area contributed by atoms with Crippen molar-refractivity contribution in [1.82, 2.24) is 19.8 Å². The maximum Gasteiger partial charge on any atom is 0.219 e. The Hall–Kier alpha value is -3.59. The minimum Gasteiger partial charge on any atom is -0.493 e. The highest BCUT2D eigenvalue weighted by Crippen LogP contribution is 2.36. The summed E-state index contributed by atoms with van der Waals surface area (Å²) in [5, 5.41) is 4.58. The number of nitrogens with one attached hydrogen (secondary N) is 1. The van der Waals surface area contributed by atoms with Crippen molar-refractivity contribution < 1.29 is 14.3 Å². The Kier molecular flexibility index (Phi) is 8.10. The van der Waals surface area contributed by atoms with Gasteiger partial charge in [0, 0.05) is 68.5 Å². The number of fused-ring (bicyclic) bond motifs is 1. The molecule has 4 rings (SSSR count). The van der Waals surface area contributed by atoms with E-state index in [1.54, 1.807) is 21.1 Å². The molecule has 3 aromatic rings. The number of nitrogens with zero attached hydrogens (tertiary/aromatic N) is 5. The van der Waals surface area contributed by atoms with E-state index in [2.05, 4.69) is 41.3 Å². The molecule has 1 fully saturated rings. The summed E-state index contributed by atoms with van der Waals surface area (Å²) in [6, 6.07) is 10.1. The first kappa shape index (κ1) is 25.5. The van der Waals surface area contributed by atoms with E-state index in [0.717, 1.165) is 79.4 Å². The Labute approximate surface area is 213 Å². The molecule has 0 saturated carbocycles. The average molecular weight is 493 g/mol. The number of pyridine rings is 2. The van der Waals surface area contributed by atoms with E-state index in [-0.39, 0.29) is 5.91 Å². The first-order valence-electron chi connectivity index (χ1n) is 12.3. The van der Waals surface area contributed by atoms with Crippen LogP contribution in [0.25, 0.3) is 22.2 Å². The number of hydrogen-bond acceptors (Lipinski definition) is 8. The molecule has 1 aromatic carbocycles. The number of aromatic nitrogens is 2. The van der Waals surface area contributed by atoms with E-state index in [4.69, 9.17) is 19.4 Å². The molecular weight excluding hydrogens is 456 g/mol. The number of amides is 1. The van der Waals surface area contributed by atoms with Crippen molar-refractivity contribution in [3.8, 4) is 22.8 Å². The van der Waals surface area contributed by atoms with Crippen molar-refractivity contribution in [3.05, 3.63) is 36.5 Å². The minimum absolute atomic E-state index is 0.126. The third kappa shape index (κ3) is 5.79. The number of rotatable bonds is 9. The number of piperazine rings is 1. The summed E-state index contributed by atoms with van der Waals surface area (Å²) in [5.74, 6) is 2.36. The second-order valence-electron chi connectivity index (χ2n) is 9.26. The van der Waals surface area contributed by atoms with Crippen LogP contribution < -0.4 is 19.7 Å². The van der Waals surface area contributed by atoms with Crippen molar-refractivity contribution in [2.24, 2.45) is 0 Å². The molecule has 3 heterocycles. The van der Waals surface area contributed by atoms with E-state index < -0.39 is 0 Å². The molecular formula is C27H36N6O3. The Morgan fingerprint density at radius 1 is 1.06 bits per heavy atom. The lowest BCUT2D eigenvalue weighted by Gasteiger charge is -2.34. The van der Waals surface area contributed by atoms with Crippen LogP contribution in [0.2, 0.25) is 0 Å². The average Bonchev–Trinajstić information content (AvgIpc) is 2.90. The maximum absolute atomic E-state index is 11.6. The molecule has 9 nitrogen and oxygen atoms in total. The SMILES string of the molecule is COc1cc2nc(-c3ccc(N4CCN(C(C)=O)CC4)nc3)cc(NCCCN(C)C)c2cc1OC. The summed E-state index contributed by atoms with van der Waals surface area (Å²) in [6.45, 7) is 6.47. The number of benzene rings is 1. The van der Waals surface area contributed by atoms with Gasteiger partial charge in [-0.25, -0.2) is 9.97 Å². The molecule has 1 amide bonds. The largest absolute Gasteiger partial charge is 0.493 e. The van der Waals surface area contributed by atoms with E-state index in [9.17, 15) is 4.79 Å². The molecule has 1 aliphatic heterocycles. The second kappa shape index (κ2) is 11.4. The number of carbonyl (C=O) groups excluding carboxylic acids is 1. The third-order valence-corrected chi connectivity index (χ3v) is 6.50. The zero-order chi connectivity index (χ0) is 25.7. The van der Waals surface area contributed by atoms with Crippen LogP contribution in [0.4, 0.5) is 11.5 Å². The predicted molar refractivity (Wildman–Crippen MR) is 144 cm³/mol. The number of ether oxygens (including phenoxy) is 2. The third-order valence-electron chi connectivity index (χ3n) is 6.50. The lowest BCUT2D eigenvalue weighted by Crippen LogP contribution is -2.48. The van der Waals surface area contributed by atoms with E-state index >= 15 is 0 Å². The molecule has 36 heavy (non-hydrogen) atoms. The number of hydrogen-bond donors (Lipinski definition) is 1. The van der Waals surface area contributed by atoms with Crippen LogP contribution >= 0.6 is 0 Å². The highest BCUT2D eigenvalue weighted by atomic mass is 16.5. The Bertz CT molecular complexity index is 1190. The smallest absolute Gasteiger partial charge is 0.219 e. The molecule has 0 unspecified atom stereocenters. The molecule has 0 spiro atoms. The van der Waals surface area contributed by atoms with Gasteiger partial charge in [0.05, 0.1) is 25.4 Å². The van der Waals surface area contributed by atoms with Crippen molar-refractivity contribution in [1.29, 1.82) is 0 Å². The predicted octanol–water partition coefficient (Wildman–Crippen LogP) is 3.35. The van der Waals surface area contributed by atoms with Crippen LogP contribution in [0.5, 0.6) is 11.5 Å². The monoisotopic (exact) mass is 492 g/mol. The van der Waals surface area contributed by atoms with Crippen LogP contribution in [-0.2, 0) is 4.79 Å². The van der Waals surface area contributed by atoms with Crippen molar-refractivity contribution >= 4 is 28.3 Å². The molecule has 0 aliphatic carbocycles. The summed E-state index contributed by atoms with van der Waals surface area (Å²) in [4.78, 5) is 27.5. The number of methoxy groups -OCH3 is 2. The van der Waals surface area contributed by atoms with Gasteiger partial charge in [-0.05, 0) is 51.3 Å². The fraction of sp³-hybridized carbons (Fsp3) is 0.444. The molecule has 1 N–H and O–H groups in total. The van der Waals surface area contributed by atoms with E-state index in [1.165, 1.54) is 0 Å². The van der Waals surface area contributed by atoms with Crippen molar-refractivity contribution in [3.63, 3.8) is 0 Å². The summed E-state index contributed by atoms with van der Waals surface area (Å²) >= 11 is 0. The maximum atomic E-state index is 11.6. The van der Waals surface area contributed by atoms with E-state index in [1.807, 2.05) is 29.3 Å². The van der Waals surface area contributed by atoms with Gasteiger partial charge in [-0.15, -0.1) is 0 Å². The summed E-state index contributed by atoms with van der Waals surface area (Å²) in [6.07, 6.45) is 2.89. The zero-order valence-electron chi connectivity index (χ0n) is 21.9. The van der Waals surface area contributed by atoms with Gasteiger partial charge in [-0.1, -0.05) is 0 Å². The summed E-state index contributed by atoms with van der Waals surface area (Å²) in [7, 11) is 7.43. The zero-order valence-corrected chi connectivity index (χ0v) is 21.9. The fourth-order valence-corrected chi connectivity index (χ4v) is 4.44. The van der Waals surface area contributed by atoms with Gasteiger partial charge in [0.25, 0.3) is 0 Å². The second-order valence-corrected chi connectivity index (χ2v) is 9.26. The van der Waals surface area contributed by atoms with Crippen LogP contribution in [0.15, 0.2) is 36.5 Å². The molecule has 0 atom stereocenters. The van der Waals surface area contributed by atoms with Gasteiger partial charge < -0.3 is 29.5 Å². The number of anilines is 2. The Morgan fingerprint density at radius 3 is 2.39 bits per heavy atom. The van der Waals surface area contributed by atoms with Crippen molar-refractivity contribution in [2.45, 2.75) is 13.3 Å².